The minimum Gasteiger partial charge on any atom is -0.375 e. The average Bonchev–Trinajstić information content (AvgIpc) is 3.24. The smallest absolute Gasteiger partial charge is 0.242 e. The summed E-state index contributed by atoms with van der Waals surface area (Å²) in [6, 6.07) is 10.1. The maximum atomic E-state index is 14.0. The number of unbranched alkanes of at least 4 members (excludes halogenated alkanes) is 25. The molecular formula is C53H95N3O2. The molecule has 0 aliphatic carbocycles. The van der Waals surface area contributed by atoms with E-state index in [4.69, 9.17) is 0 Å². The molecule has 5 heteroatoms. The lowest BCUT2D eigenvalue weighted by Crippen LogP contribution is -2.50. The van der Waals surface area contributed by atoms with Crippen molar-refractivity contribution in [2.45, 2.75) is 239 Å². The summed E-state index contributed by atoms with van der Waals surface area (Å²) in [6.45, 7) is 8.94. The molecule has 1 atom stereocenters. The Kier molecular flexibility index (Phi) is 38.0. The summed E-state index contributed by atoms with van der Waals surface area (Å²) >= 11 is 0. The maximum Gasteiger partial charge on any atom is 0.242 e. The topological polar surface area (TPSA) is 52.7 Å². The van der Waals surface area contributed by atoms with Crippen molar-refractivity contribution >= 4 is 17.5 Å². The number of hydrogen-bond donors (Lipinski definition) is 1. The normalized spacial score (nSPS) is 12.1. The molecule has 0 saturated heterocycles. The van der Waals surface area contributed by atoms with Gasteiger partial charge in [0.05, 0.1) is 0 Å². The monoisotopic (exact) mass is 806 g/mol. The van der Waals surface area contributed by atoms with Crippen LogP contribution in [0.4, 0.5) is 5.69 Å². The minimum absolute atomic E-state index is 0.0573. The van der Waals surface area contributed by atoms with E-state index in [0.29, 0.717) is 19.5 Å². The number of para-hydroxylation sites is 1. The summed E-state index contributed by atoms with van der Waals surface area (Å²) in [6.07, 6.45) is 49.0. The van der Waals surface area contributed by atoms with Crippen LogP contribution in [0.5, 0.6) is 0 Å². The molecule has 334 valence electrons. The molecule has 1 aromatic carbocycles. The van der Waals surface area contributed by atoms with Crippen molar-refractivity contribution in [3.8, 4) is 0 Å². The molecule has 58 heavy (non-hydrogen) atoms. The molecule has 1 rings (SSSR count). The first-order valence-electron chi connectivity index (χ1n) is 25.2. The first kappa shape index (κ1) is 53.5. The number of anilines is 1. The van der Waals surface area contributed by atoms with Gasteiger partial charge in [0.2, 0.25) is 11.8 Å². The van der Waals surface area contributed by atoms with Crippen LogP contribution >= 0.6 is 0 Å². The van der Waals surface area contributed by atoms with E-state index < -0.39 is 0 Å². The van der Waals surface area contributed by atoms with Gasteiger partial charge in [-0.2, -0.15) is 0 Å². The number of benzene rings is 1. The zero-order valence-electron chi connectivity index (χ0n) is 38.9. The van der Waals surface area contributed by atoms with Crippen LogP contribution in [0.15, 0.2) is 54.6 Å². The summed E-state index contributed by atoms with van der Waals surface area (Å²) in [5, 5.41) is 3.29. The molecule has 1 unspecified atom stereocenters. The summed E-state index contributed by atoms with van der Waals surface area (Å²) in [7, 11) is 2.12. The molecule has 0 spiro atoms. The van der Waals surface area contributed by atoms with E-state index in [1.165, 1.54) is 147 Å². The van der Waals surface area contributed by atoms with Crippen molar-refractivity contribution < 1.29 is 9.59 Å². The van der Waals surface area contributed by atoms with Gasteiger partial charge in [0, 0.05) is 38.8 Å². The molecule has 0 radical (unpaired) electrons. The van der Waals surface area contributed by atoms with Crippen molar-refractivity contribution in [2.24, 2.45) is 0 Å². The fourth-order valence-corrected chi connectivity index (χ4v) is 7.99. The first-order valence-corrected chi connectivity index (χ1v) is 25.2. The van der Waals surface area contributed by atoms with Crippen molar-refractivity contribution in [1.82, 2.24) is 10.2 Å². The zero-order valence-corrected chi connectivity index (χ0v) is 38.9. The highest BCUT2D eigenvalue weighted by molar-refractivity contribution is 5.87. The van der Waals surface area contributed by atoms with E-state index in [0.717, 1.165) is 70.8 Å². The van der Waals surface area contributed by atoms with Crippen LogP contribution < -0.4 is 10.2 Å². The molecule has 0 fully saturated rings. The van der Waals surface area contributed by atoms with E-state index >= 15 is 0 Å². The van der Waals surface area contributed by atoms with Gasteiger partial charge in [-0.05, 0) is 69.9 Å². The third kappa shape index (κ3) is 31.4. The number of rotatable bonds is 42. The summed E-state index contributed by atoms with van der Waals surface area (Å²) < 4.78 is 0. The van der Waals surface area contributed by atoms with Gasteiger partial charge in [0.25, 0.3) is 0 Å². The second-order valence-corrected chi connectivity index (χ2v) is 17.3. The average molecular weight is 806 g/mol. The van der Waals surface area contributed by atoms with Gasteiger partial charge in [0.15, 0.2) is 0 Å². The standard InChI is InChI=1S/C53H95N3O2/c1-5-8-11-13-15-17-19-21-23-25-27-29-31-33-35-41-47-54-53(58)51(45-37-10-7-3)56(49-42-48-55(4)50-43-38-36-39-44-50)52(57)46-40-34-32-30-28-26-24-22-20-18-16-14-12-9-6-2/h16,18,22,24,36,38-39,43-44,51H,5-15,17,19-21,23,25-35,37,40-42,45-49H2,1-4H3,(H,54,58)/b18-16-,24-22-. The molecule has 1 aromatic rings. The van der Waals surface area contributed by atoms with Crippen LogP contribution in [-0.4, -0.2) is 49.4 Å². The largest absolute Gasteiger partial charge is 0.375 e. The van der Waals surface area contributed by atoms with Gasteiger partial charge in [-0.1, -0.05) is 211 Å². The van der Waals surface area contributed by atoms with Crippen LogP contribution in [0.25, 0.3) is 0 Å². The maximum absolute atomic E-state index is 14.0. The van der Waals surface area contributed by atoms with Gasteiger partial charge < -0.3 is 15.1 Å². The van der Waals surface area contributed by atoms with Crippen LogP contribution in [0.2, 0.25) is 0 Å². The Morgan fingerprint density at radius 3 is 1.57 bits per heavy atom. The van der Waals surface area contributed by atoms with Gasteiger partial charge in [-0.3, -0.25) is 9.59 Å². The first-order chi connectivity index (χ1) is 28.5. The lowest BCUT2D eigenvalue weighted by Gasteiger charge is -2.32. The second kappa shape index (κ2) is 41.2. The Morgan fingerprint density at radius 2 is 1.00 bits per heavy atom. The summed E-state index contributed by atoms with van der Waals surface area (Å²) in [5.74, 6) is 0.217. The molecule has 0 heterocycles. The fourth-order valence-electron chi connectivity index (χ4n) is 7.99. The van der Waals surface area contributed by atoms with Crippen molar-refractivity contribution in [2.75, 3.05) is 31.6 Å². The van der Waals surface area contributed by atoms with Crippen molar-refractivity contribution in [3.63, 3.8) is 0 Å². The lowest BCUT2D eigenvalue weighted by molar-refractivity contribution is -0.141. The highest BCUT2D eigenvalue weighted by Gasteiger charge is 2.29. The molecule has 2 amide bonds. The fraction of sp³-hybridized carbons (Fsp3) is 0.774. The molecule has 0 aliphatic heterocycles. The van der Waals surface area contributed by atoms with Crippen LogP contribution in [0.1, 0.15) is 233 Å². The molecule has 5 nitrogen and oxygen atoms in total. The molecule has 1 N–H and O–H groups in total. The van der Waals surface area contributed by atoms with E-state index in [9.17, 15) is 9.59 Å². The quantitative estimate of drug-likeness (QED) is 0.0529. The predicted molar refractivity (Wildman–Crippen MR) is 256 cm³/mol. The zero-order chi connectivity index (χ0) is 42.0. The molecule has 0 bridgehead atoms. The van der Waals surface area contributed by atoms with Gasteiger partial charge >= 0.3 is 0 Å². The molecular weight excluding hydrogens is 711 g/mol. The number of hydrogen-bond acceptors (Lipinski definition) is 3. The van der Waals surface area contributed by atoms with Crippen molar-refractivity contribution in [3.05, 3.63) is 54.6 Å². The van der Waals surface area contributed by atoms with Crippen molar-refractivity contribution in [1.29, 1.82) is 0 Å². The Labute approximate surface area is 361 Å². The molecule has 0 aromatic heterocycles. The SMILES string of the molecule is CCCCC/C=C\C/C=C\CCCCCCCC(=O)N(CCCN(C)c1ccccc1)C(CCCCC)C(=O)NCCCCCCCCCCCCCCCCCC. The minimum atomic E-state index is -0.375. The van der Waals surface area contributed by atoms with Crippen LogP contribution in [0, 0.1) is 0 Å². The number of nitrogens with zero attached hydrogens (tertiary/aromatic N) is 2. The number of amides is 2. The number of carbonyl (C=O) groups is 2. The lowest BCUT2D eigenvalue weighted by atomic mass is 10.0. The van der Waals surface area contributed by atoms with Gasteiger partial charge in [-0.15, -0.1) is 0 Å². The third-order valence-corrected chi connectivity index (χ3v) is 11.8. The van der Waals surface area contributed by atoms with E-state index in [-0.39, 0.29) is 17.9 Å². The summed E-state index contributed by atoms with van der Waals surface area (Å²) in [5.41, 5.74) is 1.18. The Balaban J connectivity index is 2.52. The number of carbonyl (C=O) groups excluding carboxylic acids is 2. The van der Waals surface area contributed by atoms with Crippen LogP contribution in [0.3, 0.4) is 0 Å². The number of allylic oxidation sites excluding steroid dienone is 4. The van der Waals surface area contributed by atoms with E-state index in [2.05, 4.69) is 86.6 Å². The predicted octanol–water partition coefficient (Wildman–Crippen LogP) is 15.5. The molecule has 0 saturated carbocycles. The van der Waals surface area contributed by atoms with E-state index in [1.807, 2.05) is 11.0 Å². The Morgan fingerprint density at radius 1 is 0.534 bits per heavy atom. The highest BCUT2D eigenvalue weighted by atomic mass is 16.2. The number of nitrogens with one attached hydrogen (secondary N) is 1. The summed E-state index contributed by atoms with van der Waals surface area (Å²) in [4.78, 5) is 32.0. The van der Waals surface area contributed by atoms with Crippen LogP contribution in [-0.2, 0) is 9.59 Å². The van der Waals surface area contributed by atoms with Gasteiger partial charge in [0.1, 0.15) is 6.04 Å². The Bertz CT molecular complexity index is 1100. The second-order valence-electron chi connectivity index (χ2n) is 17.3. The van der Waals surface area contributed by atoms with Gasteiger partial charge in [-0.25, -0.2) is 0 Å². The molecule has 0 aliphatic rings. The highest BCUT2D eigenvalue weighted by Crippen LogP contribution is 2.18. The van der Waals surface area contributed by atoms with E-state index in [1.54, 1.807) is 0 Å². The third-order valence-electron chi connectivity index (χ3n) is 11.8. The Hall–Kier alpha value is -2.56.